The highest BCUT2D eigenvalue weighted by Crippen LogP contribution is 2.22. The van der Waals surface area contributed by atoms with Gasteiger partial charge in [0, 0.05) is 23.5 Å². The lowest BCUT2D eigenvalue weighted by Crippen LogP contribution is -2.29. The molecule has 0 saturated heterocycles. The molecule has 0 amide bonds. The fourth-order valence-corrected chi connectivity index (χ4v) is 2.19. The van der Waals surface area contributed by atoms with Crippen LogP contribution >= 0.6 is 0 Å². The second-order valence-electron chi connectivity index (χ2n) is 4.48. The van der Waals surface area contributed by atoms with Gasteiger partial charge in [0.1, 0.15) is 11.9 Å². The first-order chi connectivity index (χ1) is 9.28. The smallest absolute Gasteiger partial charge is 0.129 e. The third-order valence-corrected chi connectivity index (χ3v) is 3.15. The summed E-state index contributed by atoms with van der Waals surface area (Å²) in [5, 5.41) is 1.09. The van der Waals surface area contributed by atoms with Gasteiger partial charge in [0.2, 0.25) is 0 Å². The molecule has 0 aliphatic carbocycles. The first-order valence-corrected chi connectivity index (χ1v) is 6.10. The van der Waals surface area contributed by atoms with Crippen LogP contribution in [0.15, 0.2) is 42.7 Å². The number of hydrogen-bond donors (Lipinski definition) is 3. The van der Waals surface area contributed by atoms with Gasteiger partial charge in [-0.15, -0.1) is 0 Å². The molecule has 5 nitrogen and oxygen atoms in total. The highest BCUT2D eigenvalue weighted by atomic mass is 15.2. The molecule has 0 saturated carbocycles. The number of aromatic nitrogens is 3. The van der Waals surface area contributed by atoms with Gasteiger partial charge in [0.25, 0.3) is 0 Å². The number of benzene rings is 1. The van der Waals surface area contributed by atoms with Crippen molar-refractivity contribution in [2.45, 2.75) is 13.0 Å². The van der Waals surface area contributed by atoms with E-state index in [9.17, 15) is 0 Å². The third-order valence-electron chi connectivity index (χ3n) is 3.15. The van der Waals surface area contributed by atoms with Crippen molar-refractivity contribution in [2.24, 2.45) is 5.84 Å². The van der Waals surface area contributed by atoms with Crippen LogP contribution in [0.1, 0.15) is 23.1 Å². The summed E-state index contributed by atoms with van der Waals surface area (Å²) in [4.78, 5) is 11.8. The SMILES string of the molecule is Cc1ccc2cc(C(NN)c3ncc[nH]3)ccc2n1. The van der Waals surface area contributed by atoms with E-state index in [2.05, 4.69) is 32.5 Å². The van der Waals surface area contributed by atoms with Crippen LogP contribution in [0, 0.1) is 6.92 Å². The van der Waals surface area contributed by atoms with Gasteiger partial charge in [0.05, 0.1) is 5.52 Å². The summed E-state index contributed by atoms with van der Waals surface area (Å²) >= 11 is 0. The summed E-state index contributed by atoms with van der Waals surface area (Å²) in [5.41, 5.74) is 5.83. The summed E-state index contributed by atoms with van der Waals surface area (Å²) < 4.78 is 0. The molecule has 1 atom stereocenters. The topological polar surface area (TPSA) is 79.6 Å². The zero-order valence-electron chi connectivity index (χ0n) is 10.6. The lowest BCUT2D eigenvalue weighted by Gasteiger charge is -2.14. The predicted octanol–water partition coefficient (Wildman–Crippen LogP) is 1.82. The minimum absolute atomic E-state index is 0.152. The van der Waals surface area contributed by atoms with Gasteiger partial charge in [-0.2, -0.15) is 0 Å². The van der Waals surface area contributed by atoms with Crippen LogP contribution in [0.2, 0.25) is 0 Å². The molecule has 0 radical (unpaired) electrons. The van der Waals surface area contributed by atoms with E-state index in [1.54, 1.807) is 12.4 Å². The van der Waals surface area contributed by atoms with Crippen LogP contribution in [0.25, 0.3) is 10.9 Å². The molecule has 0 aliphatic rings. The Bertz CT molecular complexity index is 690. The van der Waals surface area contributed by atoms with Gasteiger partial charge in [0.15, 0.2) is 0 Å². The third kappa shape index (κ3) is 2.21. The molecular weight excluding hydrogens is 238 g/mol. The van der Waals surface area contributed by atoms with E-state index >= 15 is 0 Å². The fourth-order valence-electron chi connectivity index (χ4n) is 2.19. The Morgan fingerprint density at radius 3 is 2.89 bits per heavy atom. The van der Waals surface area contributed by atoms with Gasteiger partial charge < -0.3 is 4.98 Å². The van der Waals surface area contributed by atoms with Crippen molar-refractivity contribution in [3.05, 3.63) is 59.8 Å². The Kier molecular flexibility index (Phi) is 2.98. The molecule has 1 unspecified atom stereocenters. The number of H-pyrrole nitrogens is 1. The quantitative estimate of drug-likeness (QED) is 0.491. The number of imidazole rings is 1. The molecular formula is C14H15N5. The van der Waals surface area contributed by atoms with Crippen molar-refractivity contribution in [3.63, 3.8) is 0 Å². The van der Waals surface area contributed by atoms with E-state index < -0.39 is 0 Å². The first kappa shape index (κ1) is 11.8. The highest BCUT2D eigenvalue weighted by molar-refractivity contribution is 5.79. The number of fused-ring (bicyclic) bond motifs is 1. The largest absolute Gasteiger partial charge is 0.347 e. The Morgan fingerprint density at radius 2 is 2.16 bits per heavy atom. The lowest BCUT2D eigenvalue weighted by molar-refractivity contribution is 0.608. The summed E-state index contributed by atoms with van der Waals surface area (Å²) in [6.07, 6.45) is 3.50. The van der Waals surface area contributed by atoms with E-state index in [0.717, 1.165) is 28.0 Å². The van der Waals surface area contributed by atoms with Crippen LogP contribution in [0.4, 0.5) is 0 Å². The van der Waals surface area contributed by atoms with Crippen LogP contribution < -0.4 is 11.3 Å². The van der Waals surface area contributed by atoms with Gasteiger partial charge in [-0.25, -0.2) is 10.4 Å². The van der Waals surface area contributed by atoms with Crippen molar-refractivity contribution in [2.75, 3.05) is 0 Å². The molecule has 0 bridgehead atoms. The molecule has 1 aromatic carbocycles. The molecule has 19 heavy (non-hydrogen) atoms. The molecule has 3 rings (SSSR count). The van der Waals surface area contributed by atoms with Gasteiger partial charge >= 0.3 is 0 Å². The summed E-state index contributed by atoms with van der Waals surface area (Å²) in [6.45, 7) is 1.99. The van der Waals surface area contributed by atoms with Crippen molar-refractivity contribution in [3.8, 4) is 0 Å². The lowest BCUT2D eigenvalue weighted by atomic mass is 10.0. The summed E-state index contributed by atoms with van der Waals surface area (Å²) in [5.74, 6) is 6.43. The number of rotatable bonds is 3. The molecule has 0 fully saturated rings. The normalized spacial score (nSPS) is 12.7. The van der Waals surface area contributed by atoms with E-state index in [1.807, 2.05) is 25.1 Å². The van der Waals surface area contributed by atoms with Crippen LogP contribution in [-0.2, 0) is 0 Å². The zero-order chi connectivity index (χ0) is 13.2. The number of pyridine rings is 1. The van der Waals surface area contributed by atoms with Crippen LogP contribution in [0.3, 0.4) is 0 Å². The van der Waals surface area contributed by atoms with Crippen molar-refractivity contribution >= 4 is 10.9 Å². The van der Waals surface area contributed by atoms with Crippen molar-refractivity contribution < 1.29 is 0 Å². The van der Waals surface area contributed by atoms with E-state index in [0.29, 0.717) is 0 Å². The average Bonchev–Trinajstić information content (AvgIpc) is 2.93. The standard InChI is InChI=1S/C14H15N5/c1-9-2-3-10-8-11(4-5-12(10)18-9)13(19-15)14-16-6-7-17-14/h2-8,13,19H,15H2,1H3,(H,16,17). The van der Waals surface area contributed by atoms with Crippen molar-refractivity contribution in [1.82, 2.24) is 20.4 Å². The van der Waals surface area contributed by atoms with E-state index in [1.165, 1.54) is 0 Å². The Hall–Kier alpha value is -2.24. The molecule has 0 spiro atoms. The number of aryl methyl sites for hydroxylation is 1. The summed E-state index contributed by atoms with van der Waals surface area (Å²) in [6, 6.07) is 10.0. The number of aromatic amines is 1. The molecule has 5 heteroatoms. The second kappa shape index (κ2) is 4.79. The van der Waals surface area contributed by atoms with E-state index in [-0.39, 0.29) is 6.04 Å². The number of nitrogens with two attached hydrogens (primary N) is 1. The second-order valence-corrected chi connectivity index (χ2v) is 4.48. The minimum atomic E-state index is -0.152. The Balaban J connectivity index is 2.07. The maximum absolute atomic E-state index is 5.64. The summed E-state index contributed by atoms with van der Waals surface area (Å²) in [7, 11) is 0. The predicted molar refractivity (Wildman–Crippen MR) is 74.2 cm³/mol. The maximum Gasteiger partial charge on any atom is 0.129 e. The average molecular weight is 253 g/mol. The fraction of sp³-hybridized carbons (Fsp3) is 0.143. The maximum atomic E-state index is 5.64. The number of nitrogens with one attached hydrogen (secondary N) is 2. The number of hydrogen-bond acceptors (Lipinski definition) is 4. The molecule has 3 aromatic rings. The van der Waals surface area contributed by atoms with Gasteiger partial charge in [-0.1, -0.05) is 12.1 Å². The highest BCUT2D eigenvalue weighted by Gasteiger charge is 2.14. The molecule has 2 aromatic heterocycles. The Labute approximate surface area is 110 Å². The first-order valence-electron chi connectivity index (χ1n) is 6.10. The van der Waals surface area contributed by atoms with Gasteiger partial charge in [-0.05, 0) is 30.7 Å². The zero-order valence-corrected chi connectivity index (χ0v) is 10.6. The number of nitrogens with zero attached hydrogens (tertiary/aromatic N) is 2. The number of hydrazine groups is 1. The Morgan fingerprint density at radius 1 is 1.26 bits per heavy atom. The monoisotopic (exact) mass is 253 g/mol. The van der Waals surface area contributed by atoms with E-state index in [4.69, 9.17) is 5.84 Å². The van der Waals surface area contributed by atoms with Crippen LogP contribution in [-0.4, -0.2) is 15.0 Å². The molecule has 4 N–H and O–H groups in total. The molecule has 2 heterocycles. The minimum Gasteiger partial charge on any atom is -0.347 e. The van der Waals surface area contributed by atoms with Crippen molar-refractivity contribution in [1.29, 1.82) is 0 Å². The van der Waals surface area contributed by atoms with Crippen LogP contribution in [0.5, 0.6) is 0 Å². The van der Waals surface area contributed by atoms with Gasteiger partial charge in [-0.3, -0.25) is 10.8 Å². The molecule has 96 valence electrons. The molecule has 0 aliphatic heterocycles.